The summed E-state index contributed by atoms with van der Waals surface area (Å²) in [4.78, 5) is 8.82. The Balaban J connectivity index is 1.54. The highest BCUT2D eigenvalue weighted by molar-refractivity contribution is 7.89. The molecule has 0 bridgehead atoms. The lowest BCUT2D eigenvalue weighted by atomic mass is 10.1. The van der Waals surface area contributed by atoms with Crippen LogP contribution in [0.2, 0.25) is 0 Å². The van der Waals surface area contributed by atoms with Crippen molar-refractivity contribution in [3.63, 3.8) is 0 Å². The summed E-state index contributed by atoms with van der Waals surface area (Å²) in [6.45, 7) is 0. The van der Waals surface area contributed by atoms with Crippen LogP contribution in [0.15, 0.2) is 73.2 Å². The SMILES string of the molecule is CS(=O)(=O)Cc1cccc(-c2ccnc(Nc3ccc(-n4ccnn4)cc3)n2)c1. The van der Waals surface area contributed by atoms with Gasteiger partial charge in [0.25, 0.3) is 0 Å². The Labute approximate surface area is 168 Å². The summed E-state index contributed by atoms with van der Waals surface area (Å²) in [7, 11) is -3.10. The second-order valence-electron chi connectivity index (χ2n) is 6.56. The van der Waals surface area contributed by atoms with Gasteiger partial charge in [-0.2, -0.15) is 0 Å². The van der Waals surface area contributed by atoms with Crippen molar-refractivity contribution in [2.24, 2.45) is 0 Å². The first kappa shape index (κ1) is 18.8. The van der Waals surface area contributed by atoms with Gasteiger partial charge in [-0.25, -0.2) is 23.1 Å². The third-order valence-corrected chi connectivity index (χ3v) is 4.98. The molecule has 0 spiro atoms. The third-order valence-electron chi connectivity index (χ3n) is 4.12. The largest absolute Gasteiger partial charge is 0.324 e. The van der Waals surface area contributed by atoms with Crippen LogP contribution in [0.5, 0.6) is 0 Å². The summed E-state index contributed by atoms with van der Waals surface area (Å²) in [5.41, 5.74) is 3.99. The molecule has 0 saturated heterocycles. The van der Waals surface area contributed by atoms with Gasteiger partial charge in [-0.1, -0.05) is 23.4 Å². The maximum Gasteiger partial charge on any atom is 0.227 e. The molecule has 4 rings (SSSR count). The monoisotopic (exact) mass is 406 g/mol. The van der Waals surface area contributed by atoms with Crippen LogP contribution in [0.3, 0.4) is 0 Å². The van der Waals surface area contributed by atoms with E-state index in [1.54, 1.807) is 35.4 Å². The number of nitrogens with zero attached hydrogens (tertiary/aromatic N) is 5. The van der Waals surface area contributed by atoms with E-state index in [9.17, 15) is 8.42 Å². The Hall–Kier alpha value is -3.59. The average molecular weight is 406 g/mol. The van der Waals surface area contributed by atoms with Crippen molar-refractivity contribution < 1.29 is 8.42 Å². The summed E-state index contributed by atoms with van der Waals surface area (Å²) in [6, 6.07) is 16.8. The van der Waals surface area contributed by atoms with E-state index in [1.165, 1.54) is 6.26 Å². The topological polar surface area (TPSA) is 103 Å². The summed E-state index contributed by atoms with van der Waals surface area (Å²) >= 11 is 0. The molecule has 8 nitrogen and oxygen atoms in total. The van der Waals surface area contributed by atoms with Crippen LogP contribution in [0.1, 0.15) is 5.56 Å². The summed E-state index contributed by atoms with van der Waals surface area (Å²) in [5.74, 6) is 0.444. The van der Waals surface area contributed by atoms with E-state index < -0.39 is 9.84 Å². The molecule has 0 unspecified atom stereocenters. The lowest BCUT2D eigenvalue weighted by Gasteiger charge is -2.08. The molecule has 0 amide bonds. The van der Waals surface area contributed by atoms with Crippen LogP contribution in [-0.2, 0) is 15.6 Å². The number of anilines is 2. The fourth-order valence-electron chi connectivity index (χ4n) is 2.88. The summed E-state index contributed by atoms with van der Waals surface area (Å²) in [5, 5.41) is 10.9. The number of hydrogen-bond acceptors (Lipinski definition) is 7. The van der Waals surface area contributed by atoms with Gasteiger partial charge in [-0.05, 0) is 42.0 Å². The van der Waals surface area contributed by atoms with E-state index in [1.807, 2.05) is 42.5 Å². The molecule has 2 heterocycles. The van der Waals surface area contributed by atoms with E-state index in [2.05, 4.69) is 25.6 Å². The van der Waals surface area contributed by atoms with Crippen molar-refractivity contribution in [1.82, 2.24) is 25.0 Å². The second kappa shape index (κ2) is 7.80. The van der Waals surface area contributed by atoms with Gasteiger partial charge in [0.1, 0.15) is 0 Å². The number of hydrogen-bond donors (Lipinski definition) is 1. The van der Waals surface area contributed by atoms with E-state index >= 15 is 0 Å². The highest BCUT2D eigenvalue weighted by Crippen LogP contribution is 2.22. The van der Waals surface area contributed by atoms with E-state index in [4.69, 9.17) is 0 Å². The average Bonchev–Trinajstić information content (AvgIpc) is 3.23. The Bertz CT molecular complexity index is 1220. The van der Waals surface area contributed by atoms with Gasteiger partial charge < -0.3 is 5.32 Å². The van der Waals surface area contributed by atoms with Crippen molar-refractivity contribution in [3.8, 4) is 16.9 Å². The van der Waals surface area contributed by atoms with E-state index in [-0.39, 0.29) is 5.75 Å². The molecule has 2 aromatic heterocycles. The molecule has 0 radical (unpaired) electrons. The van der Waals surface area contributed by atoms with Crippen molar-refractivity contribution >= 4 is 21.5 Å². The molecule has 29 heavy (non-hydrogen) atoms. The van der Waals surface area contributed by atoms with Gasteiger partial charge >= 0.3 is 0 Å². The summed E-state index contributed by atoms with van der Waals surface area (Å²) < 4.78 is 24.8. The molecule has 146 valence electrons. The fourth-order valence-corrected chi connectivity index (χ4v) is 3.66. The van der Waals surface area contributed by atoms with Crippen LogP contribution in [0.25, 0.3) is 16.9 Å². The molecular weight excluding hydrogens is 388 g/mol. The lowest BCUT2D eigenvalue weighted by Crippen LogP contribution is -2.01. The number of nitrogens with one attached hydrogen (secondary N) is 1. The van der Waals surface area contributed by atoms with Gasteiger partial charge in [0.15, 0.2) is 9.84 Å². The maximum absolute atomic E-state index is 11.6. The van der Waals surface area contributed by atoms with Crippen LogP contribution >= 0.6 is 0 Å². The zero-order chi connectivity index (χ0) is 20.3. The first-order valence-corrected chi connectivity index (χ1v) is 10.9. The van der Waals surface area contributed by atoms with Crippen molar-refractivity contribution in [3.05, 3.63) is 78.8 Å². The highest BCUT2D eigenvalue weighted by Gasteiger charge is 2.08. The molecule has 0 aliphatic carbocycles. The fraction of sp³-hybridized carbons (Fsp3) is 0.100. The minimum Gasteiger partial charge on any atom is -0.324 e. The van der Waals surface area contributed by atoms with E-state index in [0.29, 0.717) is 11.6 Å². The van der Waals surface area contributed by atoms with Crippen molar-refractivity contribution in [2.75, 3.05) is 11.6 Å². The minimum atomic E-state index is -3.10. The molecule has 1 N–H and O–H groups in total. The minimum absolute atomic E-state index is 0.00481. The quantitative estimate of drug-likeness (QED) is 0.525. The molecule has 0 fully saturated rings. The Morgan fingerprint density at radius 3 is 2.59 bits per heavy atom. The van der Waals surface area contributed by atoms with Gasteiger partial charge in [-0.15, -0.1) is 5.10 Å². The molecule has 0 aliphatic heterocycles. The number of benzene rings is 2. The Morgan fingerprint density at radius 1 is 1.03 bits per heavy atom. The molecule has 0 aliphatic rings. The summed E-state index contributed by atoms with van der Waals surface area (Å²) in [6.07, 6.45) is 6.28. The maximum atomic E-state index is 11.6. The molecule has 0 saturated carbocycles. The van der Waals surface area contributed by atoms with Crippen molar-refractivity contribution in [2.45, 2.75) is 5.75 Å². The highest BCUT2D eigenvalue weighted by atomic mass is 32.2. The number of sulfone groups is 1. The standard InChI is InChI=1S/C20H18N6O2S/c1-29(27,28)14-15-3-2-4-16(13-15)19-9-10-21-20(24-19)23-17-5-7-18(8-6-17)26-12-11-22-25-26/h2-13H,14H2,1H3,(H,21,23,24). The predicted molar refractivity (Wildman–Crippen MR) is 111 cm³/mol. The van der Waals surface area contributed by atoms with Gasteiger partial charge in [-0.3, -0.25) is 0 Å². The number of rotatable bonds is 6. The van der Waals surface area contributed by atoms with Crippen LogP contribution in [0, 0.1) is 0 Å². The first-order valence-electron chi connectivity index (χ1n) is 8.80. The number of aromatic nitrogens is 5. The second-order valence-corrected chi connectivity index (χ2v) is 8.70. The van der Waals surface area contributed by atoms with Gasteiger partial charge in [0.2, 0.25) is 5.95 Å². The molecule has 9 heteroatoms. The van der Waals surface area contributed by atoms with Crippen molar-refractivity contribution in [1.29, 1.82) is 0 Å². The van der Waals surface area contributed by atoms with E-state index in [0.717, 1.165) is 22.5 Å². The van der Waals surface area contributed by atoms with Crippen LogP contribution < -0.4 is 5.32 Å². The van der Waals surface area contributed by atoms with Crippen LogP contribution in [-0.4, -0.2) is 39.6 Å². The third kappa shape index (κ3) is 4.82. The molecule has 0 atom stereocenters. The zero-order valence-electron chi connectivity index (χ0n) is 15.6. The van der Waals surface area contributed by atoms with Crippen LogP contribution in [0.4, 0.5) is 11.6 Å². The smallest absolute Gasteiger partial charge is 0.227 e. The lowest BCUT2D eigenvalue weighted by molar-refractivity contribution is 0.601. The normalized spacial score (nSPS) is 11.3. The Morgan fingerprint density at radius 2 is 1.86 bits per heavy atom. The zero-order valence-corrected chi connectivity index (χ0v) is 16.4. The molecule has 4 aromatic rings. The predicted octanol–water partition coefficient (Wildman–Crippen LogP) is 3.01. The molecule has 2 aromatic carbocycles. The molecular formula is C20H18N6O2S. The van der Waals surface area contributed by atoms with Gasteiger partial charge in [0, 0.05) is 23.7 Å². The first-order chi connectivity index (χ1) is 14.0. The van der Waals surface area contributed by atoms with Gasteiger partial charge in [0.05, 0.1) is 29.5 Å². The Kier molecular flexibility index (Phi) is 5.05.